The first-order valence-corrected chi connectivity index (χ1v) is 4.40. The van der Waals surface area contributed by atoms with Crippen LogP contribution in [0.2, 0.25) is 0 Å². The van der Waals surface area contributed by atoms with Crippen LogP contribution >= 0.6 is 15.9 Å². The minimum Gasteiger partial charge on any atom is -0.465 e. The van der Waals surface area contributed by atoms with Gasteiger partial charge in [-0.3, -0.25) is 0 Å². The number of esters is 1. The van der Waals surface area contributed by atoms with Crippen LogP contribution in [0.25, 0.3) is 0 Å². The normalized spacial score (nSPS) is 9.85. The predicted octanol–water partition coefficient (Wildman–Crippen LogP) is 2.68. The van der Waals surface area contributed by atoms with E-state index in [1.54, 1.807) is 13.0 Å². The van der Waals surface area contributed by atoms with E-state index in [1.165, 1.54) is 13.2 Å². The van der Waals surface area contributed by atoms with E-state index in [0.29, 0.717) is 4.47 Å². The van der Waals surface area contributed by atoms with Gasteiger partial charge in [0.15, 0.2) is 5.82 Å². The molecule has 0 aliphatic carbocycles. The van der Waals surface area contributed by atoms with Gasteiger partial charge in [0.1, 0.15) is 0 Å². The van der Waals surface area contributed by atoms with Gasteiger partial charge in [0, 0.05) is 0 Å². The molecule has 0 spiro atoms. The van der Waals surface area contributed by atoms with Crippen molar-refractivity contribution in [3.63, 3.8) is 0 Å². The molecule has 0 heterocycles. The van der Waals surface area contributed by atoms with Crippen molar-refractivity contribution in [3.05, 3.63) is 33.5 Å². The zero-order valence-electron chi connectivity index (χ0n) is 7.23. The SMILES string of the molecule is COC(=O)c1ccc(C)c(Br)c1F. The fraction of sp³-hybridized carbons (Fsp3) is 0.222. The summed E-state index contributed by atoms with van der Waals surface area (Å²) >= 11 is 3.04. The average molecular weight is 247 g/mol. The monoisotopic (exact) mass is 246 g/mol. The molecule has 0 unspecified atom stereocenters. The zero-order chi connectivity index (χ0) is 10.0. The van der Waals surface area contributed by atoms with Gasteiger partial charge in [-0.15, -0.1) is 0 Å². The largest absolute Gasteiger partial charge is 0.465 e. The highest BCUT2D eigenvalue weighted by Crippen LogP contribution is 2.23. The third kappa shape index (κ3) is 1.88. The van der Waals surface area contributed by atoms with Crippen molar-refractivity contribution in [3.8, 4) is 0 Å². The first-order valence-electron chi connectivity index (χ1n) is 3.61. The van der Waals surface area contributed by atoms with Gasteiger partial charge < -0.3 is 4.74 Å². The maximum absolute atomic E-state index is 13.4. The van der Waals surface area contributed by atoms with Gasteiger partial charge in [-0.2, -0.15) is 0 Å². The molecule has 1 aromatic rings. The van der Waals surface area contributed by atoms with Crippen LogP contribution in [0.1, 0.15) is 15.9 Å². The summed E-state index contributed by atoms with van der Waals surface area (Å²) in [5, 5.41) is 0. The van der Waals surface area contributed by atoms with Crippen molar-refractivity contribution in [2.75, 3.05) is 7.11 Å². The van der Waals surface area contributed by atoms with E-state index in [0.717, 1.165) is 5.56 Å². The predicted molar refractivity (Wildman–Crippen MR) is 50.2 cm³/mol. The fourth-order valence-corrected chi connectivity index (χ4v) is 1.26. The lowest BCUT2D eigenvalue weighted by Crippen LogP contribution is -2.05. The second-order valence-electron chi connectivity index (χ2n) is 2.55. The molecule has 0 atom stereocenters. The van der Waals surface area contributed by atoms with E-state index in [1.807, 2.05) is 0 Å². The van der Waals surface area contributed by atoms with E-state index in [-0.39, 0.29) is 5.56 Å². The summed E-state index contributed by atoms with van der Waals surface area (Å²) in [6, 6.07) is 3.06. The van der Waals surface area contributed by atoms with Gasteiger partial charge in [-0.1, -0.05) is 6.07 Å². The summed E-state index contributed by atoms with van der Waals surface area (Å²) in [5.41, 5.74) is 0.685. The smallest absolute Gasteiger partial charge is 0.340 e. The lowest BCUT2D eigenvalue weighted by atomic mass is 10.1. The van der Waals surface area contributed by atoms with Gasteiger partial charge >= 0.3 is 5.97 Å². The molecule has 0 saturated heterocycles. The summed E-state index contributed by atoms with van der Waals surface area (Å²) in [6.45, 7) is 1.74. The number of benzene rings is 1. The van der Waals surface area contributed by atoms with Crippen molar-refractivity contribution in [2.45, 2.75) is 6.92 Å². The number of rotatable bonds is 1. The van der Waals surface area contributed by atoms with Gasteiger partial charge in [0.05, 0.1) is 17.1 Å². The molecular formula is C9H8BrFO2. The molecule has 2 nitrogen and oxygen atoms in total. The van der Waals surface area contributed by atoms with Crippen LogP contribution in [0.15, 0.2) is 16.6 Å². The van der Waals surface area contributed by atoms with Crippen LogP contribution in [0.3, 0.4) is 0 Å². The molecule has 0 radical (unpaired) electrons. The standard InChI is InChI=1S/C9H8BrFO2/c1-5-3-4-6(9(12)13-2)8(11)7(5)10/h3-4H,1-2H3. The third-order valence-electron chi connectivity index (χ3n) is 1.68. The van der Waals surface area contributed by atoms with Crippen molar-refractivity contribution in [1.29, 1.82) is 0 Å². The molecule has 0 saturated carbocycles. The van der Waals surface area contributed by atoms with E-state index < -0.39 is 11.8 Å². The van der Waals surface area contributed by atoms with Crippen LogP contribution in [0.4, 0.5) is 4.39 Å². The Morgan fingerprint density at radius 1 is 1.54 bits per heavy atom. The Labute approximate surface area is 83.8 Å². The van der Waals surface area contributed by atoms with E-state index in [4.69, 9.17) is 0 Å². The molecule has 0 fully saturated rings. The van der Waals surface area contributed by atoms with E-state index in [2.05, 4.69) is 20.7 Å². The van der Waals surface area contributed by atoms with Gasteiger partial charge in [-0.25, -0.2) is 9.18 Å². The van der Waals surface area contributed by atoms with Gasteiger partial charge in [-0.05, 0) is 34.5 Å². The summed E-state index contributed by atoms with van der Waals surface area (Å²) in [5.74, 6) is -1.25. The molecular weight excluding hydrogens is 239 g/mol. The lowest BCUT2D eigenvalue weighted by Gasteiger charge is -2.04. The van der Waals surface area contributed by atoms with Crippen molar-refractivity contribution in [2.24, 2.45) is 0 Å². The molecule has 0 aromatic heterocycles. The molecule has 0 N–H and O–H groups in total. The number of hydrogen-bond acceptors (Lipinski definition) is 2. The third-order valence-corrected chi connectivity index (χ3v) is 2.65. The molecule has 0 aliphatic rings. The Bertz CT molecular complexity index is 350. The Kier molecular flexibility index (Phi) is 3.03. The molecule has 4 heteroatoms. The van der Waals surface area contributed by atoms with Gasteiger partial charge in [0.25, 0.3) is 0 Å². The number of methoxy groups -OCH3 is 1. The first kappa shape index (κ1) is 10.2. The molecule has 1 rings (SSSR count). The average Bonchev–Trinajstić information content (AvgIpc) is 2.13. The van der Waals surface area contributed by atoms with Crippen molar-refractivity contribution >= 4 is 21.9 Å². The number of carbonyl (C=O) groups is 1. The van der Waals surface area contributed by atoms with Crippen LogP contribution in [0, 0.1) is 12.7 Å². The molecule has 0 bridgehead atoms. The summed E-state index contributed by atoms with van der Waals surface area (Å²) in [4.78, 5) is 11.0. The summed E-state index contributed by atoms with van der Waals surface area (Å²) in [7, 11) is 1.22. The quantitative estimate of drug-likeness (QED) is 0.713. The van der Waals surface area contributed by atoms with Crippen LogP contribution in [-0.2, 0) is 4.74 Å². The second kappa shape index (κ2) is 3.87. The maximum Gasteiger partial charge on any atom is 0.340 e. The Morgan fingerprint density at radius 3 is 2.69 bits per heavy atom. The fourth-order valence-electron chi connectivity index (χ4n) is 0.914. The second-order valence-corrected chi connectivity index (χ2v) is 3.34. The Morgan fingerprint density at radius 2 is 2.15 bits per heavy atom. The number of hydrogen-bond donors (Lipinski definition) is 0. The summed E-state index contributed by atoms with van der Waals surface area (Å²) < 4.78 is 18.1. The minimum absolute atomic E-state index is 0.0556. The first-order chi connectivity index (χ1) is 6.07. The highest BCUT2D eigenvalue weighted by Gasteiger charge is 2.15. The number of ether oxygens (including phenoxy) is 1. The highest BCUT2D eigenvalue weighted by molar-refractivity contribution is 9.10. The highest BCUT2D eigenvalue weighted by atomic mass is 79.9. The zero-order valence-corrected chi connectivity index (χ0v) is 8.81. The molecule has 1 aromatic carbocycles. The number of aryl methyl sites for hydroxylation is 1. The Balaban J connectivity index is 3.26. The Hall–Kier alpha value is -0.900. The topological polar surface area (TPSA) is 26.3 Å². The lowest BCUT2D eigenvalue weighted by molar-refractivity contribution is 0.0595. The molecule has 70 valence electrons. The van der Waals surface area contributed by atoms with Gasteiger partial charge in [0.2, 0.25) is 0 Å². The molecule has 13 heavy (non-hydrogen) atoms. The van der Waals surface area contributed by atoms with Crippen LogP contribution in [0.5, 0.6) is 0 Å². The van der Waals surface area contributed by atoms with E-state index in [9.17, 15) is 9.18 Å². The number of carbonyl (C=O) groups excluding carboxylic acids is 1. The van der Waals surface area contributed by atoms with Crippen LogP contribution < -0.4 is 0 Å². The molecule has 0 aliphatic heterocycles. The minimum atomic E-state index is -0.668. The van der Waals surface area contributed by atoms with Crippen LogP contribution in [-0.4, -0.2) is 13.1 Å². The maximum atomic E-state index is 13.4. The van der Waals surface area contributed by atoms with Crippen molar-refractivity contribution < 1.29 is 13.9 Å². The van der Waals surface area contributed by atoms with Crippen molar-refractivity contribution in [1.82, 2.24) is 0 Å². The van der Waals surface area contributed by atoms with E-state index >= 15 is 0 Å². The molecule has 0 amide bonds. The number of halogens is 2. The summed E-state index contributed by atoms with van der Waals surface area (Å²) in [6.07, 6.45) is 0.